The third-order valence-corrected chi connectivity index (χ3v) is 2.40. The molecular weight excluding hydrogens is 221 g/mol. The number of fused-ring (bicyclic) bond motifs is 1. The van der Waals surface area contributed by atoms with Crippen molar-refractivity contribution in [2.24, 2.45) is 5.73 Å². The van der Waals surface area contributed by atoms with Crippen molar-refractivity contribution in [3.8, 4) is 5.75 Å². The van der Waals surface area contributed by atoms with Crippen LogP contribution in [0.5, 0.6) is 5.75 Å². The van der Waals surface area contributed by atoms with E-state index in [1.54, 1.807) is 0 Å². The molecule has 2 unspecified atom stereocenters. The van der Waals surface area contributed by atoms with Crippen LogP contribution in [-0.2, 0) is 0 Å². The lowest BCUT2D eigenvalue weighted by molar-refractivity contribution is 0.144. The molecule has 0 saturated carbocycles. The number of aliphatic hydroxyl groups excluding tert-OH is 1. The molecule has 3 nitrogen and oxygen atoms in total. The van der Waals surface area contributed by atoms with E-state index in [-0.39, 0.29) is 18.2 Å². The summed E-state index contributed by atoms with van der Waals surface area (Å²) in [5.41, 5.74) is 6.13. The molecule has 0 aliphatic carbocycles. The molecule has 5 heteroatoms. The van der Waals surface area contributed by atoms with Gasteiger partial charge in [-0.15, -0.1) is 12.4 Å². The van der Waals surface area contributed by atoms with Crippen molar-refractivity contribution in [1.29, 1.82) is 0 Å². The number of aliphatic hydroxyl groups is 1. The van der Waals surface area contributed by atoms with Crippen LogP contribution in [0.25, 0.3) is 0 Å². The van der Waals surface area contributed by atoms with E-state index in [1.165, 1.54) is 18.2 Å². The second-order valence-corrected chi connectivity index (χ2v) is 3.43. The summed E-state index contributed by atoms with van der Waals surface area (Å²) >= 11 is 0. The van der Waals surface area contributed by atoms with Crippen LogP contribution < -0.4 is 10.5 Å². The van der Waals surface area contributed by atoms with Crippen LogP contribution in [-0.4, -0.2) is 17.8 Å². The summed E-state index contributed by atoms with van der Waals surface area (Å²) in [6.07, 6.45) is -0.277. The topological polar surface area (TPSA) is 55.5 Å². The maximum Gasteiger partial charge on any atom is 0.125 e. The Kier molecular flexibility index (Phi) is 3.90. The van der Waals surface area contributed by atoms with Crippen molar-refractivity contribution in [3.63, 3.8) is 0 Å². The van der Waals surface area contributed by atoms with Gasteiger partial charge >= 0.3 is 0 Å². The van der Waals surface area contributed by atoms with Crippen molar-refractivity contribution in [3.05, 3.63) is 29.6 Å². The summed E-state index contributed by atoms with van der Waals surface area (Å²) < 4.78 is 18.3. The molecule has 1 aliphatic rings. The van der Waals surface area contributed by atoms with Crippen LogP contribution in [0.3, 0.4) is 0 Å². The SMILES string of the molecule is Cl.NC1CCOc2ccc(F)cc2C1O. The Balaban J connectivity index is 0.00000112. The zero-order valence-electron chi connectivity index (χ0n) is 8.02. The summed E-state index contributed by atoms with van der Waals surface area (Å²) in [6.45, 7) is 0.455. The molecule has 1 aromatic rings. The molecule has 0 radical (unpaired) electrons. The van der Waals surface area contributed by atoms with Crippen molar-refractivity contribution in [2.45, 2.75) is 18.6 Å². The zero-order chi connectivity index (χ0) is 10.1. The second kappa shape index (κ2) is 4.79. The average molecular weight is 234 g/mol. The highest BCUT2D eigenvalue weighted by Crippen LogP contribution is 2.31. The summed E-state index contributed by atoms with van der Waals surface area (Å²) in [5.74, 6) is 0.132. The van der Waals surface area contributed by atoms with Gasteiger partial charge in [0.1, 0.15) is 11.6 Å². The Morgan fingerprint density at radius 3 is 2.93 bits per heavy atom. The van der Waals surface area contributed by atoms with Crippen LogP contribution in [0.4, 0.5) is 4.39 Å². The molecule has 15 heavy (non-hydrogen) atoms. The average Bonchev–Trinajstić information content (AvgIpc) is 2.30. The first-order chi connectivity index (χ1) is 6.68. The number of rotatable bonds is 0. The highest BCUT2D eigenvalue weighted by atomic mass is 35.5. The first kappa shape index (κ1) is 12.2. The fourth-order valence-electron chi connectivity index (χ4n) is 1.58. The van der Waals surface area contributed by atoms with Gasteiger partial charge in [0.25, 0.3) is 0 Å². The molecule has 84 valence electrons. The van der Waals surface area contributed by atoms with Crippen LogP contribution in [0, 0.1) is 5.82 Å². The molecule has 0 aromatic heterocycles. The largest absolute Gasteiger partial charge is 0.493 e. The molecule has 0 bridgehead atoms. The van der Waals surface area contributed by atoms with Gasteiger partial charge in [-0.3, -0.25) is 0 Å². The minimum absolute atomic E-state index is 0. The lowest BCUT2D eigenvalue weighted by Crippen LogP contribution is -2.28. The van der Waals surface area contributed by atoms with Gasteiger partial charge in [-0.2, -0.15) is 0 Å². The third kappa shape index (κ3) is 2.40. The molecule has 1 aromatic carbocycles. The number of ether oxygens (including phenoxy) is 1. The maximum absolute atomic E-state index is 12.9. The summed E-state index contributed by atoms with van der Waals surface area (Å²) in [5, 5.41) is 9.76. The molecule has 3 N–H and O–H groups in total. The lowest BCUT2D eigenvalue weighted by Gasteiger charge is -2.15. The first-order valence-corrected chi connectivity index (χ1v) is 4.54. The quantitative estimate of drug-likeness (QED) is 0.712. The Bertz CT molecular complexity index is 348. The third-order valence-electron chi connectivity index (χ3n) is 2.40. The normalized spacial score (nSPS) is 24.5. The van der Waals surface area contributed by atoms with E-state index in [1.807, 2.05) is 0 Å². The Morgan fingerprint density at radius 2 is 2.20 bits per heavy atom. The van der Waals surface area contributed by atoms with Crippen LogP contribution in [0.2, 0.25) is 0 Å². The Labute approximate surface area is 93.5 Å². The van der Waals surface area contributed by atoms with E-state index in [4.69, 9.17) is 10.5 Å². The second-order valence-electron chi connectivity index (χ2n) is 3.43. The van der Waals surface area contributed by atoms with E-state index in [9.17, 15) is 9.50 Å². The van der Waals surface area contributed by atoms with Crippen LogP contribution in [0.1, 0.15) is 18.1 Å². The van der Waals surface area contributed by atoms with Gasteiger partial charge in [0.15, 0.2) is 0 Å². The molecule has 0 amide bonds. The highest BCUT2D eigenvalue weighted by Gasteiger charge is 2.24. The molecule has 0 fully saturated rings. The molecule has 2 rings (SSSR count). The first-order valence-electron chi connectivity index (χ1n) is 4.54. The van der Waals surface area contributed by atoms with Crippen molar-refractivity contribution < 1.29 is 14.2 Å². The monoisotopic (exact) mass is 233 g/mol. The standard InChI is InChI=1S/C10H12FNO2.ClH/c11-6-1-2-9-7(5-6)10(13)8(12)3-4-14-9;/h1-2,5,8,10,13H,3-4,12H2;1H. The Hall–Kier alpha value is -0.840. The highest BCUT2D eigenvalue weighted by molar-refractivity contribution is 5.85. The van der Waals surface area contributed by atoms with Gasteiger partial charge in [0.05, 0.1) is 12.7 Å². The van der Waals surface area contributed by atoms with E-state index in [2.05, 4.69) is 0 Å². The van der Waals surface area contributed by atoms with Crippen molar-refractivity contribution in [2.75, 3.05) is 6.61 Å². The summed E-state index contributed by atoms with van der Waals surface area (Å²) in [6, 6.07) is 3.71. The maximum atomic E-state index is 12.9. The van der Waals surface area contributed by atoms with Gasteiger partial charge in [-0.25, -0.2) is 4.39 Å². The van der Waals surface area contributed by atoms with Crippen molar-refractivity contribution in [1.82, 2.24) is 0 Å². The molecule has 2 atom stereocenters. The minimum Gasteiger partial charge on any atom is -0.493 e. The van der Waals surface area contributed by atoms with E-state index >= 15 is 0 Å². The van der Waals surface area contributed by atoms with E-state index in [0.29, 0.717) is 24.3 Å². The predicted molar refractivity (Wildman–Crippen MR) is 56.7 cm³/mol. The number of benzene rings is 1. The molecule has 0 spiro atoms. The fourth-order valence-corrected chi connectivity index (χ4v) is 1.58. The molecule has 1 aliphatic heterocycles. The Morgan fingerprint density at radius 1 is 1.47 bits per heavy atom. The molecule has 0 saturated heterocycles. The van der Waals surface area contributed by atoms with Gasteiger partial charge in [0, 0.05) is 11.6 Å². The summed E-state index contributed by atoms with van der Waals surface area (Å²) in [4.78, 5) is 0. The van der Waals surface area contributed by atoms with Gasteiger partial charge in [0.2, 0.25) is 0 Å². The van der Waals surface area contributed by atoms with E-state index in [0.717, 1.165) is 0 Å². The number of hydrogen-bond donors (Lipinski definition) is 2. The number of hydrogen-bond acceptors (Lipinski definition) is 3. The van der Waals surface area contributed by atoms with Crippen molar-refractivity contribution >= 4 is 12.4 Å². The van der Waals surface area contributed by atoms with Crippen LogP contribution >= 0.6 is 12.4 Å². The van der Waals surface area contributed by atoms with Gasteiger partial charge in [-0.1, -0.05) is 0 Å². The minimum atomic E-state index is -0.844. The van der Waals surface area contributed by atoms with Gasteiger partial charge in [-0.05, 0) is 24.6 Å². The van der Waals surface area contributed by atoms with E-state index < -0.39 is 12.1 Å². The fraction of sp³-hybridized carbons (Fsp3) is 0.400. The zero-order valence-corrected chi connectivity index (χ0v) is 8.84. The predicted octanol–water partition coefficient (Wildman–Crippen LogP) is 1.39. The number of halogens is 2. The summed E-state index contributed by atoms with van der Waals surface area (Å²) in [7, 11) is 0. The smallest absolute Gasteiger partial charge is 0.125 e. The lowest BCUT2D eigenvalue weighted by atomic mass is 10.0. The molecule has 1 heterocycles. The molecular formula is C10H13ClFNO2. The number of nitrogens with two attached hydrogens (primary N) is 1. The van der Waals surface area contributed by atoms with Crippen LogP contribution in [0.15, 0.2) is 18.2 Å². The van der Waals surface area contributed by atoms with Gasteiger partial charge < -0.3 is 15.6 Å².